The number of aryl methyl sites for hydroxylation is 1. The van der Waals surface area contributed by atoms with Crippen LogP contribution < -0.4 is 0 Å². The minimum atomic E-state index is 0.848. The Labute approximate surface area is 61.9 Å². The molecule has 2 rings (SSSR count). The summed E-state index contributed by atoms with van der Waals surface area (Å²) in [7, 11) is 0. The average molecular weight is 131 g/mol. The summed E-state index contributed by atoms with van der Waals surface area (Å²) in [5, 5.41) is 0. The Kier molecular flexibility index (Phi) is 1.26. The van der Waals surface area contributed by atoms with Crippen molar-refractivity contribution < 1.29 is 0 Å². The second-order valence-corrected chi connectivity index (χ2v) is 3.10. The minimum absolute atomic E-state index is 0.848. The maximum absolute atomic E-state index is 3.30. The number of benzene rings is 1. The van der Waals surface area contributed by atoms with Gasteiger partial charge in [0.2, 0.25) is 0 Å². The van der Waals surface area contributed by atoms with E-state index in [1.165, 1.54) is 24.0 Å². The predicted molar refractivity (Wildman–Crippen MR) is 42.0 cm³/mol. The van der Waals surface area contributed by atoms with Crippen LogP contribution in [0.2, 0.25) is 0 Å². The van der Waals surface area contributed by atoms with Gasteiger partial charge in [0.15, 0.2) is 0 Å². The van der Waals surface area contributed by atoms with Crippen molar-refractivity contribution in [1.82, 2.24) is 0 Å². The van der Waals surface area contributed by atoms with Crippen molar-refractivity contribution in [2.24, 2.45) is 0 Å². The van der Waals surface area contributed by atoms with Gasteiger partial charge in [0.1, 0.15) is 0 Å². The van der Waals surface area contributed by atoms with Gasteiger partial charge >= 0.3 is 0 Å². The molecule has 0 aliphatic heterocycles. The van der Waals surface area contributed by atoms with Crippen molar-refractivity contribution in [2.75, 3.05) is 0 Å². The summed E-state index contributed by atoms with van der Waals surface area (Å²) >= 11 is 0. The van der Waals surface area contributed by atoms with Crippen molar-refractivity contribution in [1.29, 1.82) is 0 Å². The molecule has 0 amide bonds. The zero-order valence-corrected chi connectivity index (χ0v) is 6.22. The largest absolute Gasteiger partial charge is 0.0590 e. The van der Waals surface area contributed by atoms with Gasteiger partial charge in [-0.05, 0) is 37.3 Å². The molecule has 0 atom stereocenters. The van der Waals surface area contributed by atoms with Gasteiger partial charge in [-0.3, -0.25) is 0 Å². The van der Waals surface area contributed by atoms with E-state index in [0.29, 0.717) is 0 Å². The van der Waals surface area contributed by atoms with Crippen LogP contribution in [-0.4, -0.2) is 0 Å². The Bertz CT molecular complexity index is 216. The number of hydrogen-bond acceptors (Lipinski definition) is 0. The van der Waals surface area contributed by atoms with Gasteiger partial charge in [-0.25, -0.2) is 0 Å². The maximum atomic E-state index is 3.30. The summed E-state index contributed by atoms with van der Waals surface area (Å²) in [5.74, 6) is 0.848. The second kappa shape index (κ2) is 2.12. The minimum Gasteiger partial charge on any atom is -0.0590 e. The molecule has 0 heterocycles. The van der Waals surface area contributed by atoms with Crippen molar-refractivity contribution in [3.63, 3.8) is 0 Å². The lowest BCUT2D eigenvalue weighted by molar-refractivity contribution is 1.12. The molecule has 1 fully saturated rings. The summed E-state index contributed by atoms with van der Waals surface area (Å²) < 4.78 is 0. The van der Waals surface area contributed by atoms with Crippen molar-refractivity contribution in [2.45, 2.75) is 25.7 Å². The number of rotatable bonds is 1. The summed E-state index contributed by atoms with van der Waals surface area (Å²) in [5.41, 5.74) is 2.72. The maximum Gasteiger partial charge on any atom is -0.0143 e. The van der Waals surface area contributed by atoms with E-state index in [2.05, 4.69) is 31.2 Å². The predicted octanol–water partition coefficient (Wildman–Crippen LogP) is 2.67. The quantitative estimate of drug-likeness (QED) is 0.549. The van der Waals surface area contributed by atoms with E-state index in [1.807, 2.05) is 0 Å². The third-order valence-corrected chi connectivity index (χ3v) is 2.01. The van der Waals surface area contributed by atoms with Gasteiger partial charge in [-0.15, -0.1) is 0 Å². The molecule has 1 radical (unpaired) electrons. The van der Waals surface area contributed by atoms with E-state index in [1.54, 1.807) is 0 Å². The molecule has 1 aliphatic carbocycles. The van der Waals surface area contributed by atoms with Gasteiger partial charge in [0, 0.05) is 0 Å². The lowest BCUT2D eigenvalue weighted by Gasteiger charge is -1.95. The lowest BCUT2D eigenvalue weighted by Crippen LogP contribution is -1.78. The first kappa shape index (κ1) is 5.96. The molecule has 0 saturated heterocycles. The van der Waals surface area contributed by atoms with Gasteiger partial charge in [0.05, 0.1) is 0 Å². The highest BCUT2D eigenvalue weighted by Crippen LogP contribution is 2.39. The highest BCUT2D eigenvalue weighted by molar-refractivity contribution is 5.25. The van der Waals surface area contributed by atoms with E-state index in [4.69, 9.17) is 0 Å². The number of hydrogen-bond donors (Lipinski definition) is 0. The molecule has 1 saturated carbocycles. The van der Waals surface area contributed by atoms with Crippen LogP contribution >= 0.6 is 0 Å². The molecular formula is C10H11. The van der Waals surface area contributed by atoms with Crippen LogP contribution in [0, 0.1) is 13.0 Å². The smallest absolute Gasteiger partial charge is 0.0143 e. The molecule has 0 nitrogen and oxygen atoms in total. The highest BCUT2D eigenvalue weighted by Gasteiger charge is 2.22. The molecule has 51 valence electrons. The first-order chi connectivity index (χ1) is 4.86. The Balaban J connectivity index is 2.28. The molecule has 0 unspecified atom stereocenters. The van der Waals surface area contributed by atoms with E-state index in [0.717, 1.165) is 5.92 Å². The second-order valence-electron chi connectivity index (χ2n) is 3.10. The Hall–Kier alpha value is -0.780. The summed E-state index contributed by atoms with van der Waals surface area (Å²) in [4.78, 5) is 0. The van der Waals surface area contributed by atoms with Crippen LogP contribution in [0.4, 0.5) is 0 Å². The zero-order chi connectivity index (χ0) is 6.97. The van der Waals surface area contributed by atoms with Crippen molar-refractivity contribution in [3.8, 4) is 0 Å². The molecule has 0 heteroatoms. The van der Waals surface area contributed by atoms with Gasteiger partial charge in [-0.2, -0.15) is 0 Å². The molecule has 1 aromatic rings. The monoisotopic (exact) mass is 131 g/mol. The first-order valence-corrected chi connectivity index (χ1v) is 3.84. The molecule has 0 spiro atoms. The summed E-state index contributed by atoms with van der Waals surface area (Å²) in [6.45, 7) is 2.10. The van der Waals surface area contributed by atoms with Crippen LogP contribution in [0.25, 0.3) is 0 Å². The Morgan fingerprint density at radius 2 is 2.20 bits per heavy atom. The zero-order valence-electron chi connectivity index (χ0n) is 6.22. The fourth-order valence-corrected chi connectivity index (χ4v) is 1.16. The van der Waals surface area contributed by atoms with Crippen LogP contribution in [0.15, 0.2) is 18.2 Å². The average Bonchev–Trinajstić information content (AvgIpc) is 2.71. The molecule has 0 N–H and O–H groups in total. The van der Waals surface area contributed by atoms with Gasteiger partial charge < -0.3 is 0 Å². The third-order valence-electron chi connectivity index (χ3n) is 2.01. The highest BCUT2D eigenvalue weighted by atomic mass is 14.3. The van der Waals surface area contributed by atoms with Crippen LogP contribution in [-0.2, 0) is 0 Å². The molecule has 0 aromatic heterocycles. The molecule has 1 aromatic carbocycles. The van der Waals surface area contributed by atoms with Crippen LogP contribution in [0.3, 0.4) is 0 Å². The van der Waals surface area contributed by atoms with Crippen LogP contribution in [0.5, 0.6) is 0 Å². The normalized spacial score (nSPS) is 17.3. The lowest BCUT2D eigenvalue weighted by atomic mass is 10.1. The van der Waals surface area contributed by atoms with Crippen molar-refractivity contribution in [3.05, 3.63) is 35.4 Å². The Morgan fingerprint density at radius 3 is 2.70 bits per heavy atom. The van der Waals surface area contributed by atoms with Crippen molar-refractivity contribution >= 4 is 0 Å². The first-order valence-electron chi connectivity index (χ1n) is 3.84. The third kappa shape index (κ3) is 1.06. The summed E-state index contributed by atoms with van der Waals surface area (Å²) in [6.07, 6.45) is 2.75. The van der Waals surface area contributed by atoms with Gasteiger partial charge in [0.25, 0.3) is 0 Å². The molecule has 0 bridgehead atoms. The van der Waals surface area contributed by atoms with E-state index >= 15 is 0 Å². The summed E-state index contributed by atoms with van der Waals surface area (Å²) in [6, 6.07) is 9.75. The van der Waals surface area contributed by atoms with E-state index in [9.17, 15) is 0 Å². The molecular weight excluding hydrogens is 120 g/mol. The SMILES string of the molecule is Cc1c[c]c(C2CC2)cc1. The van der Waals surface area contributed by atoms with Gasteiger partial charge in [-0.1, -0.05) is 23.8 Å². The molecule has 10 heavy (non-hydrogen) atoms. The van der Waals surface area contributed by atoms with Crippen LogP contribution in [0.1, 0.15) is 29.9 Å². The fraction of sp³-hybridized carbons (Fsp3) is 0.400. The van der Waals surface area contributed by atoms with E-state index < -0.39 is 0 Å². The fourth-order valence-electron chi connectivity index (χ4n) is 1.16. The standard InChI is InChI=1S/C10H11/c1-8-2-4-9(5-3-8)10-6-7-10/h2-4,10H,6-7H2,1H3. The topological polar surface area (TPSA) is 0 Å². The van der Waals surface area contributed by atoms with E-state index in [-0.39, 0.29) is 0 Å². The molecule has 1 aliphatic rings. The Morgan fingerprint density at radius 1 is 1.40 bits per heavy atom.